The van der Waals surface area contributed by atoms with Crippen LogP contribution in [0.1, 0.15) is 52.9 Å². The van der Waals surface area contributed by atoms with Crippen LogP contribution in [0.2, 0.25) is 0 Å². The van der Waals surface area contributed by atoms with Crippen LogP contribution < -0.4 is 5.32 Å². The number of carbonyl (C=O) groups is 1. The van der Waals surface area contributed by atoms with E-state index in [0.717, 1.165) is 23.6 Å². The number of ether oxygens (including phenoxy) is 1. The van der Waals surface area contributed by atoms with Gasteiger partial charge < -0.3 is 10.1 Å². The van der Waals surface area contributed by atoms with E-state index in [9.17, 15) is 13.2 Å². The fraction of sp³-hybridized carbons (Fsp3) is 0.933. The average Bonchev–Trinajstić information content (AvgIpc) is 2.47. The molecule has 1 N–H and O–H groups in total. The van der Waals surface area contributed by atoms with Crippen molar-refractivity contribution in [3.05, 3.63) is 0 Å². The lowest BCUT2D eigenvalue weighted by atomic mass is 9.96. The maximum atomic E-state index is 13.0. The Morgan fingerprint density at radius 3 is 2.22 bits per heavy atom. The van der Waals surface area contributed by atoms with Crippen molar-refractivity contribution in [3.63, 3.8) is 0 Å². The Labute approximate surface area is 139 Å². The molecule has 2 rings (SSSR count). The first-order valence-electron chi connectivity index (χ1n) is 8.45. The molecule has 23 heavy (non-hydrogen) atoms. The van der Waals surface area contributed by atoms with Gasteiger partial charge in [-0.05, 0) is 33.6 Å². The molecule has 0 bridgehead atoms. The fourth-order valence-corrected chi connectivity index (χ4v) is 4.76. The molecule has 2 fully saturated rings. The average molecular weight is 347 g/mol. The van der Waals surface area contributed by atoms with Crippen molar-refractivity contribution in [1.29, 1.82) is 0 Å². The van der Waals surface area contributed by atoms with Crippen molar-refractivity contribution in [2.45, 2.75) is 64.5 Å². The van der Waals surface area contributed by atoms with Crippen LogP contribution in [0.15, 0.2) is 0 Å². The number of carbonyl (C=O) groups excluding carboxylic acids is 1. The van der Waals surface area contributed by atoms with Gasteiger partial charge in [-0.3, -0.25) is 0 Å². The van der Waals surface area contributed by atoms with Gasteiger partial charge in [-0.1, -0.05) is 19.3 Å². The smallest absolute Gasteiger partial charge is 0.425 e. The third kappa shape index (κ3) is 4.81. The molecule has 134 valence electrons. The van der Waals surface area contributed by atoms with E-state index in [4.69, 9.17) is 4.74 Å². The third-order valence-electron chi connectivity index (χ3n) is 4.13. The Kier molecular flexibility index (Phi) is 5.91. The van der Waals surface area contributed by atoms with E-state index >= 15 is 0 Å². The first-order chi connectivity index (χ1) is 10.7. The number of hydrogen-bond acceptors (Lipinski definition) is 5. The highest BCUT2D eigenvalue weighted by Gasteiger charge is 2.41. The first kappa shape index (κ1) is 18.5. The molecule has 0 atom stereocenters. The second-order valence-corrected chi connectivity index (χ2v) is 9.03. The number of amides is 1. The molecule has 0 spiro atoms. The lowest BCUT2D eigenvalue weighted by Gasteiger charge is -2.38. The second-order valence-electron chi connectivity index (χ2n) is 7.22. The van der Waals surface area contributed by atoms with Crippen LogP contribution in [0.5, 0.6) is 0 Å². The maximum absolute atomic E-state index is 13.0. The highest BCUT2D eigenvalue weighted by molar-refractivity contribution is 7.87. The molecule has 7 nitrogen and oxygen atoms in total. The summed E-state index contributed by atoms with van der Waals surface area (Å²) in [5.41, 5.74) is -0.719. The van der Waals surface area contributed by atoms with Crippen LogP contribution in [-0.4, -0.2) is 60.9 Å². The summed E-state index contributed by atoms with van der Waals surface area (Å²) in [6, 6.07) is -0.293. The van der Waals surface area contributed by atoms with Crippen molar-refractivity contribution in [3.8, 4) is 0 Å². The Morgan fingerprint density at radius 1 is 1.13 bits per heavy atom. The van der Waals surface area contributed by atoms with Crippen LogP contribution in [0.4, 0.5) is 4.79 Å². The minimum Gasteiger partial charge on any atom is -0.443 e. The monoisotopic (exact) mass is 347 g/mol. The molecule has 0 aromatic heterocycles. The van der Waals surface area contributed by atoms with E-state index in [0.29, 0.717) is 39.0 Å². The molecule has 0 aromatic rings. The number of piperazine rings is 1. The van der Waals surface area contributed by atoms with Gasteiger partial charge >= 0.3 is 16.3 Å². The molecule has 2 aliphatic rings. The summed E-state index contributed by atoms with van der Waals surface area (Å²) in [5, 5.41) is 3.13. The molecule has 0 unspecified atom stereocenters. The third-order valence-corrected chi connectivity index (χ3v) is 6.09. The molecule has 1 aliphatic heterocycles. The van der Waals surface area contributed by atoms with Crippen molar-refractivity contribution < 1.29 is 17.9 Å². The zero-order chi connectivity index (χ0) is 17.1. The molecule has 1 heterocycles. The zero-order valence-corrected chi connectivity index (χ0v) is 15.2. The van der Waals surface area contributed by atoms with Crippen molar-refractivity contribution in [2.75, 3.05) is 26.2 Å². The lowest BCUT2D eigenvalue weighted by molar-refractivity contribution is 0.0301. The van der Waals surface area contributed by atoms with Gasteiger partial charge in [0.2, 0.25) is 0 Å². The van der Waals surface area contributed by atoms with Crippen LogP contribution in [-0.2, 0) is 14.9 Å². The second kappa shape index (κ2) is 7.36. The SMILES string of the molecule is CC(C)(C)OC(=O)N(C1CCCCC1)S(=O)(=O)N1CCNCC1. The van der Waals surface area contributed by atoms with Crippen LogP contribution >= 0.6 is 0 Å². The van der Waals surface area contributed by atoms with Gasteiger partial charge in [-0.15, -0.1) is 0 Å². The Hall–Kier alpha value is -0.860. The molecular formula is C15H29N3O4S. The van der Waals surface area contributed by atoms with E-state index < -0.39 is 21.9 Å². The fourth-order valence-electron chi connectivity index (χ4n) is 3.05. The molecule has 1 saturated heterocycles. The minimum absolute atomic E-state index is 0.293. The quantitative estimate of drug-likeness (QED) is 0.841. The summed E-state index contributed by atoms with van der Waals surface area (Å²) in [6.45, 7) is 7.23. The summed E-state index contributed by atoms with van der Waals surface area (Å²) in [6.07, 6.45) is 3.66. The molecule has 8 heteroatoms. The van der Waals surface area contributed by atoms with Gasteiger partial charge in [0.25, 0.3) is 0 Å². The van der Waals surface area contributed by atoms with Crippen LogP contribution in [0.25, 0.3) is 0 Å². The van der Waals surface area contributed by atoms with E-state index in [1.807, 2.05) is 0 Å². The van der Waals surface area contributed by atoms with Crippen molar-refractivity contribution in [1.82, 2.24) is 13.9 Å². The van der Waals surface area contributed by atoms with E-state index in [-0.39, 0.29) is 6.04 Å². The summed E-state index contributed by atoms with van der Waals surface area (Å²) in [4.78, 5) is 12.6. The summed E-state index contributed by atoms with van der Waals surface area (Å²) in [5.74, 6) is 0. The molecular weight excluding hydrogens is 318 g/mol. The van der Waals surface area contributed by atoms with Crippen LogP contribution in [0.3, 0.4) is 0 Å². The van der Waals surface area contributed by atoms with Crippen LogP contribution in [0, 0.1) is 0 Å². The van der Waals surface area contributed by atoms with Crippen molar-refractivity contribution >= 4 is 16.3 Å². The predicted octanol–water partition coefficient (Wildman–Crippen LogP) is 1.71. The molecule has 1 saturated carbocycles. The number of rotatable bonds is 3. The highest BCUT2D eigenvalue weighted by atomic mass is 32.2. The molecule has 0 radical (unpaired) electrons. The van der Waals surface area contributed by atoms with Gasteiger partial charge in [-0.2, -0.15) is 17.0 Å². The van der Waals surface area contributed by atoms with Gasteiger partial charge in [0.05, 0.1) is 6.04 Å². The Morgan fingerprint density at radius 2 is 1.70 bits per heavy atom. The predicted molar refractivity (Wildman–Crippen MR) is 88.3 cm³/mol. The summed E-state index contributed by atoms with van der Waals surface area (Å²) in [7, 11) is -3.84. The topological polar surface area (TPSA) is 79.0 Å². The number of nitrogens with zero attached hydrogens (tertiary/aromatic N) is 2. The molecule has 1 amide bonds. The standard InChI is InChI=1S/C15H29N3O4S/c1-15(2,3)22-14(19)18(13-7-5-4-6-8-13)23(20,21)17-11-9-16-10-12-17/h13,16H,4-12H2,1-3H3. The Balaban J connectivity index is 2.25. The van der Waals surface area contributed by atoms with Gasteiger partial charge in [-0.25, -0.2) is 4.79 Å². The lowest BCUT2D eigenvalue weighted by Crippen LogP contribution is -2.56. The number of hydrogen-bond donors (Lipinski definition) is 1. The van der Waals surface area contributed by atoms with E-state index in [1.54, 1.807) is 20.8 Å². The Bertz CT molecular complexity index is 503. The van der Waals surface area contributed by atoms with Gasteiger partial charge in [0, 0.05) is 26.2 Å². The van der Waals surface area contributed by atoms with Gasteiger partial charge in [0.15, 0.2) is 0 Å². The van der Waals surface area contributed by atoms with Crippen molar-refractivity contribution in [2.24, 2.45) is 0 Å². The largest absolute Gasteiger partial charge is 0.443 e. The normalized spacial score (nSPS) is 21.9. The maximum Gasteiger partial charge on any atom is 0.425 e. The van der Waals surface area contributed by atoms with Gasteiger partial charge in [0.1, 0.15) is 5.60 Å². The summed E-state index contributed by atoms with van der Waals surface area (Å²) < 4.78 is 33.9. The first-order valence-corrected chi connectivity index (χ1v) is 9.85. The van der Waals surface area contributed by atoms with E-state index in [1.165, 1.54) is 4.31 Å². The minimum atomic E-state index is -3.84. The molecule has 0 aromatic carbocycles. The zero-order valence-electron chi connectivity index (χ0n) is 14.4. The summed E-state index contributed by atoms with van der Waals surface area (Å²) >= 11 is 0. The number of nitrogens with one attached hydrogen (secondary N) is 1. The van der Waals surface area contributed by atoms with E-state index in [2.05, 4.69) is 5.32 Å². The highest BCUT2D eigenvalue weighted by Crippen LogP contribution is 2.28. The molecule has 1 aliphatic carbocycles.